The normalized spacial score (nSPS) is 14.5. The zero-order chi connectivity index (χ0) is 31.7. The van der Waals surface area contributed by atoms with E-state index in [0.717, 1.165) is 55.1 Å². The van der Waals surface area contributed by atoms with Gasteiger partial charge in [0.2, 0.25) is 21.8 Å². The second kappa shape index (κ2) is 15.3. The highest BCUT2D eigenvalue weighted by molar-refractivity contribution is 7.92. The summed E-state index contributed by atoms with van der Waals surface area (Å²) >= 11 is 0. The number of hydrogen-bond donors (Lipinski definition) is 1. The molecule has 0 bridgehead atoms. The Morgan fingerprint density at radius 3 is 2.30 bits per heavy atom. The molecule has 3 aromatic rings. The van der Waals surface area contributed by atoms with Gasteiger partial charge in [-0.15, -0.1) is 0 Å². The van der Waals surface area contributed by atoms with Gasteiger partial charge < -0.3 is 10.2 Å². The molecule has 1 aliphatic carbocycles. The smallest absolute Gasteiger partial charge is 0.243 e. The Bertz CT molecular complexity index is 1520. The first kappa shape index (κ1) is 33.2. The molecule has 0 saturated heterocycles. The van der Waals surface area contributed by atoms with Crippen LogP contribution in [0.3, 0.4) is 0 Å². The molecule has 9 heteroatoms. The van der Waals surface area contributed by atoms with Crippen LogP contribution in [0, 0.1) is 19.7 Å². The Balaban J connectivity index is 1.61. The van der Waals surface area contributed by atoms with Gasteiger partial charge in [-0.1, -0.05) is 79.9 Å². The SMILES string of the molecule is Cc1cccc(N(CCCC(=O)N(Cc2ccccc2F)[C@H](Cc2ccccc2)C(=O)NC2CCCCC2)S(C)(=O)=O)c1C. The third kappa shape index (κ3) is 8.91. The van der Waals surface area contributed by atoms with Gasteiger partial charge >= 0.3 is 0 Å². The van der Waals surface area contributed by atoms with Gasteiger partial charge in [-0.2, -0.15) is 0 Å². The Labute approximate surface area is 261 Å². The molecule has 1 N–H and O–H groups in total. The van der Waals surface area contributed by atoms with E-state index in [1.165, 1.54) is 15.3 Å². The Hall–Kier alpha value is -3.72. The number of carbonyl (C=O) groups is 2. The lowest BCUT2D eigenvalue weighted by molar-refractivity contribution is -0.141. The van der Waals surface area contributed by atoms with E-state index in [2.05, 4.69) is 5.32 Å². The highest BCUT2D eigenvalue weighted by Gasteiger charge is 2.32. The molecule has 3 aromatic carbocycles. The molecule has 1 fully saturated rings. The van der Waals surface area contributed by atoms with Crippen LogP contribution in [-0.2, 0) is 32.6 Å². The fraction of sp³-hybridized carbons (Fsp3) is 0.429. The Morgan fingerprint density at radius 2 is 1.61 bits per heavy atom. The summed E-state index contributed by atoms with van der Waals surface area (Å²) in [5.74, 6) is -1.03. The number of aryl methyl sites for hydroxylation is 1. The second-order valence-corrected chi connectivity index (χ2v) is 13.7. The zero-order valence-electron chi connectivity index (χ0n) is 26.0. The van der Waals surface area contributed by atoms with Crippen molar-refractivity contribution < 1.29 is 22.4 Å². The van der Waals surface area contributed by atoms with E-state index in [0.29, 0.717) is 11.3 Å². The van der Waals surface area contributed by atoms with Crippen molar-refractivity contribution in [3.05, 3.63) is 101 Å². The summed E-state index contributed by atoms with van der Waals surface area (Å²) in [6, 6.07) is 20.5. The number of benzene rings is 3. The molecule has 0 radical (unpaired) electrons. The summed E-state index contributed by atoms with van der Waals surface area (Å²) in [5, 5.41) is 3.19. The van der Waals surface area contributed by atoms with Gasteiger partial charge in [0.25, 0.3) is 0 Å². The molecule has 7 nitrogen and oxygen atoms in total. The lowest BCUT2D eigenvalue weighted by Gasteiger charge is -2.34. The van der Waals surface area contributed by atoms with Crippen LogP contribution in [0.4, 0.5) is 10.1 Å². The first-order chi connectivity index (χ1) is 21.0. The molecule has 0 spiro atoms. The number of nitrogens with one attached hydrogen (secondary N) is 1. The molecule has 2 amide bonds. The van der Waals surface area contributed by atoms with Crippen LogP contribution in [-0.4, -0.2) is 50.0 Å². The average Bonchev–Trinajstić information content (AvgIpc) is 3.00. The van der Waals surface area contributed by atoms with Crippen molar-refractivity contribution in [2.24, 2.45) is 0 Å². The molecule has 44 heavy (non-hydrogen) atoms. The number of halogens is 1. The maximum absolute atomic E-state index is 14.9. The minimum atomic E-state index is -3.62. The standard InChI is InChI=1S/C35H44FN3O4S/c1-26-14-12-21-32(27(26)2)39(44(3,42)43)23-13-22-34(40)38(25-29-17-10-11-20-31(29)36)33(24-28-15-6-4-7-16-28)35(41)37-30-18-8-5-9-19-30/h4,6-7,10-12,14-17,20-21,30,33H,5,8-9,13,18-19,22-25H2,1-3H3,(H,37,41)/t33-/m1/s1. The number of rotatable bonds is 13. The fourth-order valence-corrected chi connectivity index (χ4v) is 6.91. The Kier molecular flexibility index (Phi) is 11.6. The number of sulfonamides is 1. The molecule has 1 aliphatic rings. The summed E-state index contributed by atoms with van der Waals surface area (Å²) < 4.78 is 41.9. The summed E-state index contributed by atoms with van der Waals surface area (Å²) in [4.78, 5) is 29.4. The molecule has 0 aliphatic heterocycles. The monoisotopic (exact) mass is 621 g/mol. The lowest BCUT2D eigenvalue weighted by Crippen LogP contribution is -2.53. The summed E-state index contributed by atoms with van der Waals surface area (Å²) in [5.41, 5.74) is 3.61. The molecule has 1 atom stereocenters. The number of nitrogens with zero attached hydrogens (tertiary/aromatic N) is 2. The van der Waals surface area contributed by atoms with E-state index in [9.17, 15) is 22.4 Å². The largest absolute Gasteiger partial charge is 0.352 e. The van der Waals surface area contributed by atoms with Crippen LogP contribution in [0.15, 0.2) is 72.8 Å². The van der Waals surface area contributed by atoms with Gasteiger partial charge in [-0.25, -0.2) is 12.8 Å². The number of carbonyl (C=O) groups excluding carboxylic acids is 2. The van der Waals surface area contributed by atoms with E-state index in [1.54, 1.807) is 24.3 Å². The first-order valence-corrected chi connectivity index (χ1v) is 17.3. The molecular formula is C35H44FN3O4S. The zero-order valence-corrected chi connectivity index (χ0v) is 26.8. The Morgan fingerprint density at radius 1 is 0.932 bits per heavy atom. The minimum Gasteiger partial charge on any atom is -0.352 e. The molecule has 0 heterocycles. The predicted octanol–water partition coefficient (Wildman–Crippen LogP) is 6.08. The highest BCUT2D eigenvalue weighted by Crippen LogP contribution is 2.26. The van der Waals surface area contributed by atoms with Crippen molar-refractivity contribution in [3.63, 3.8) is 0 Å². The second-order valence-electron chi connectivity index (χ2n) is 11.8. The molecule has 236 valence electrons. The molecule has 0 aromatic heterocycles. The average molecular weight is 622 g/mol. The fourth-order valence-electron chi connectivity index (χ4n) is 5.90. The number of anilines is 1. The van der Waals surface area contributed by atoms with Gasteiger partial charge in [0.1, 0.15) is 11.9 Å². The van der Waals surface area contributed by atoms with Crippen LogP contribution in [0.2, 0.25) is 0 Å². The summed E-state index contributed by atoms with van der Waals surface area (Å²) in [7, 11) is -3.62. The molecule has 0 unspecified atom stereocenters. The molecular weight excluding hydrogens is 577 g/mol. The van der Waals surface area contributed by atoms with Gasteiger partial charge in [-0.3, -0.25) is 13.9 Å². The summed E-state index contributed by atoms with van der Waals surface area (Å²) in [6.07, 6.45) is 6.68. The van der Waals surface area contributed by atoms with Crippen molar-refractivity contribution in [1.82, 2.24) is 10.2 Å². The third-order valence-electron chi connectivity index (χ3n) is 8.52. The first-order valence-electron chi connectivity index (χ1n) is 15.5. The van der Waals surface area contributed by atoms with Gasteiger partial charge in [0.05, 0.1) is 11.9 Å². The van der Waals surface area contributed by atoms with Crippen molar-refractivity contribution in [3.8, 4) is 0 Å². The van der Waals surface area contributed by atoms with Gasteiger partial charge in [0, 0.05) is 37.5 Å². The topological polar surface area (TPSA) is 86.8 Å². The number of amides is 2. The van der Waals surface area contributed by atoms with E-state index in [-0.39, 0.29) is 50.2 Å². The van der Waals surface area contributed by atoms with E-state index < -0.39 is 21.9 Å². The van der Waals surface area contributed by atoms with E-state index in [1.807, 2.05) is 56.3 Å². The maximum Gasteiger partial charge on any atom is 0.243 e. The van der Waals surface area contributed by atoms with Crippen LogP contribution < -0.4 is 9.62 Å². The molecule has 1 saturated carbocycles. The van der Waals surface area contributed by atoms with Crippen LogP contribution in [0.25, 0.3) is 0 Å². The van der Waals surface area contributed by atoms with Crippen molar-refractivity contribution >= 4 is 27.5 Å². The predicted molar refractivity (Wildman–Crippen MR) is 173 cm³/mol. The lowest BCUT2D eigenvalue weighted by atomic mass is 9.94. The third-order valence-corrected chi connectivity index (χ3v) is 9.70. The summed E-state index contributed by atoms with van der Waals surface area (Å²) in [6.45, 7) is 3.83. The van der Waals surface area contributed by atoms with Crippen molar-refractivity contribution in [1.29, 1.82) is 0 Å². The highest BCUT2D eigenvalue weighted by atomic mass is 32.2. The van der Waals surface area contributed by atoms with Gasteiger partial charge in [-0.05, 0) is 61.9 Å². The van der Waals surface area contributed by atoms with Crippen LogP contribution in [0.1, 0.15) is 67.2 Å². The van der Waals surface area contributed by atoms with E-state index >= 15 is 0 Å². The van der Waals surface area contributed by atoms with Crippen LogP contribution >= 0.6 is 0 Å². The van der Waals surface area contributed by atoms with Gasteiger partial charge in [0.15, 0.2) is 0 Å². The maximum atomic E-state index is 14.9. The quantitative estimate of drug-likeness (QED) is 0.251. The van der Waals surface area contributed by atoms with Crippen molar-refractivity contribution in [2.45, 2.75) is 83.8 Å². The number of hydrogen-bond acceptors (Lipinski definition) is 4. The minimum absolute atomic E-state index is 0.00661. The van der Waals surface area contributed by atoms with E-state index in [4.69, 9.17) is 0 Å². The molecule has 4 rings (SSSR count). The van der Waals surface area contributed by atoms with Crippen molar-refractivity contribution in [2.75, 3.05) is 17.1 Å². The van der Waals surface area contributed by atoms with Crippen LogP contribution in [0.5, 0.6) is 0 Å².